The Morgan fingerprint density at radius 2 is 2.11 bits per heavy atom. The SMILES string of the molecule is Cc1ccnc(N2CCN(C)C(=O)C2(C)C)c1C#N. The first-order chi connectivity index (χ1) is 8.89. The smallest absolute Gasteiger partial charge is 0.247 e. The fraction of sp³-hybridized carbons (Fsp3) is 0.500. The summed E-state index contributed by atoms with van der Waals surface area (Å²) in [7, 11) is 1.80. The van der Waals surface area contributed by atoms with Crippen LogP contribution < -0.4 is 4.90 Å². The molecule has 0 saturated carbocycles. The highest BCUT2D eigenvalue weighted by Crippen LogP contribution is 2.30. The van der Waals surface area contributed by atoms with Crippen molar-refractivity contribution >= 4 is 11.7 Å². The molecule has 1 amide bonds. The number of nitrogens with zero attached hydrogens (tertiary/aromatic N) is 4. The molecule has 0 spiro atoms. The van der Waals surface area contributed by atoms with Crippen molar-refractivity contribution in [3.05, 3.63) is 23.4 Å². The number of nitriles is 1. The Balaban J connectivity index is 2.51. The van der Waals surface area contributed by atoms with E-state index >= 15 is 0 Å². The molecule has 0 unspecified atom stereocenters. The van der Waals surface area contributed by atoms with Crippen LogP contribution >= 0.6 is 0 Å². The van der Waals surface area contributed by atoms with Gasteiger partial charge in [-0.15, -0.1) is 0 Å². The van der Waals surface area contributed by atoms with E-state index in [1.54, 1.807) is 18.1 Å². The van der Waals surface area contributed by atoms with E-state index < -0.39 is 5.54 Å². The molecule has 1 saturated heterocycles. The van der Waals surface area contributed by atoms with Crippen LogP contribution in [0.1, 0.15) is 25.0 Å². The minimum absolute atomic E-state index is 0.0472. The maximum atomic E-state index is 12.3. The molecule has 1 aliphatic rings. The molecule has 1 aromatic heterocycles. The number of hydrogen-bond donors (Lipinski definition) is 0. The number of anilines is 1. The maximum absolute atomic E-state index is 12.3. The summed E-state index contributed by atoms with van der Waals surface area (Å²) in [5, 5.41) is 9.31. The average Bonchev–Trinajstić information content (AvgIpc) is 2.36. The monoisotopic (exact) mass is 258 g/mol. The van der Waals surface area contributed by atoms with Crippen molar-refractivity contribution in [2.45, 2.75) is 26.3 Å². The molecular formula is C14H18N4O. The second-order valence-corrected chi connectivity index (χ2v) is 5.38. The molecule has 5 nitrogen and oxygen atoms in total. The third-order valence-electron chi connectivity index (χ3n) is 3.71. The number of aromatic nitrogens is 1. The lowest BCUT2D eigenvalue weighted by Gasteiger charge is -2.45. The number of carbonyl (C=O) groups is 1. The van der Waals surface area contributed by atoms with Gasteiger partial charge in [-0.2, -0.15) is 5.26 Å². The number of pyridine rings is 1. The lowest BCUT2D eigenvalue weighted by molar-refractivity contribution is -0.136. The second kappa shape index (κ2) is 4.54. The van der Waals surface area contributed by atoms with Crippen molar-refractivity contribution < 1.29 is 4.79 Å². The molecule has 0 aliphatic carbocycles. The summed E-state index contributed by atoms with van der Waals surface area (Å²) in [6.45, 7) is 6.95. The molecule has 0 N–H and O–H groups in total. The van der Waals surface area contributed by atoms with E-state index in [4.69, 9.17) is 0 Å². The standard InChI is InChI=1S/C14H18N4O/c1-10-5-6-16-12(11(10)9-15)18-8-7-17(4)13(19)14(18,2)3/h5-6H,7-8H2,1-4H3. The molecule has 0 bridgehead atoms. The number of amides is 1. The lowest BCUT2D eigenvalue weighted by Crippen LogP contribution is -2.62. The molecule has 19 heavy (non-hydrogen) atoms. The number of aryl methyl sites for hydroxylation is 1. The first kappa shape index (κ1) is 13.3. The van der Waals surface area contributed by atoms with Crippen LogP contribution in [0, 0.1) is 18.3 Å². The summed E-state index contributed by atoms with van der Waals surface area (Å²) in [6, 6.07) is 4.01. The van der Waals surface area contributed by atoms with Gasteiger partial charge in [0.05, 0.1) is 5.56 Å². The maximum Gasteiger partial charge on any atom is 0.247 e. The van der Waals surface area contributed by atoms with Crippen LogP contribution in [0.4, 0.5) is 5.82 Å². The normalized spacial score (nSPS) is 18.4. The van der Waals surface area contributed by atoms with Gasteiger partial charge < -0.3 is 9.80 Å². The highest BCUT2D eigenvalue weighted by Gasteiger charge is 2.42. The molecule has 1 fully saturated rings. The van der Waals surface area contributed by atoms with Crippen LogP contribution in [-0.2, 0) is 4.79 Å². The predicted octanol–water partition coefficient (Wildman–Crippen LogP) is 1.32. The van der Waals surface area contributed by atoms with Crippen LogP contribution in [0.3, 0.4) is 0 Å². The first-order valence-electron chi connectivity index (χ1n) is 6.28. The fourth-order valence-electron chi connectivity index (χ4n) is 2.47. The first-order valence-corrected chi connectivity index (χ1v) is 6.28. The molecule has 5 heteroatoms. The van der Waals surface area contributed by atoms with Gasteiger partial charge in [-0.3, -0.25) is 4.79 Å². The predicted molar refractivity (Wildman–Crippen MR) is 72.8 cm³/mol. The number of hydrogen-bond acceptors (Lipinski definition) is 4. The Hall–Kier alpha value is -2.09. The van der Waals surface area contributed by atoms with Crippen LogP contribution in [-0.4, -0.2) is 41.5 Å². The molecule has 0 radical (unpaired) electrons. The van der Waals surface area contributed by atoms with E-state index in [9.17, 15) is 10.1 Å². The van der Waals surface area contributed by atoms with Crippen molar-refractivity contribution in [3.8, 4) is 6.07 Å². The van der Waals surface area contributed by atoms with Gasteiger partial charge >= 0.3 is 0 Å². The molecule has 100 valence electrons. The number of piperazine rings is 1. The van der Waals surface area contributed by atoms with Crippen LogP contribution in [0.5, 0.6) is 0 Å². The Morgan fingerprint density at radius 3 is 2.74 bits per heavy atom. The van der Waals surface area contributed by atoms with Crippen LogP contribution in [0.2, 0.25) is 0 Å². The fourth-order valence-corrected chi connectivity index (χ4v) is 2.47. The third kappa shape index (κ3) is 2.03. The van der Waals surface area contributed by atoms with E-state index in [1.165, 1.54) is 0 Å². The Labute approximate surface area is 113 Å². The summed E-state index contributed by atoms with van der Waals surface area (Å²) >= 11 is 0. The Kier molecular flexibility index (Phi) is 3.19. The Morgan fingerprint density at radius 1 is 1.42 bits per heavy atom. The third-order valence-corrected chi connectivity index (χ3v) is 3.71. The van der Waals surface area contributed by atoms with Gasteiger partial charge in [-0.25, -0.2) is 4.98 Å². The Bertz CT molecular complexity index is 559. The largest absolute Gasteiger partial charge is 0.342 e. The summed E-state index contributed by atoms with van der Waals surface area (Å²) in [6.07, 6.45) is 1.68. The van der Waals surface area contributed by atoms with Crippen molar-refractivity contribution in [1.82, 2.24) is 9.88 Å². The second-order valence-electron chi connectivity index (χ2n) is 5.38. The molecular weight excluding hydrogens is 240 g/mol. The zero-order valence-corrected chi connectivity index (χ0v) is 11.8. The van der Waals surface area contributed by atoms with Gasteiger partial charge in [-0.05, 0) is 32.4 Å². The molecule has 0 atom stereocenters. The van der Waals surface area contributed by atoms with Gasteiger partial charge in [0.2, 0.25) is 5.91 Å². The van der Waals surface area contributed by atoms with Gasteiger partial charge in [-0.1, -0.05) is 0 Å². The average molecular weight is 258 g/mol. The van der Waals surface area contributed by atoms with E-state index in [2.05, 4.69) is 11.1 Å². The summed E-state index contributed by atoms with van der Waals surface area (Å²) in [5.41, 5.74) is 0.752. The molecule has 2 heterocycles. The van der Waals surface area contributed by atoms with E-state index in [-0.39, 0.29) is 5.91 Å². The van der Waals surface area contributed by atoms with Crippen molar-refractivity contribution in [3.63, 3.8) is 0 Å². The highest BCUT2D eigenvalue weighted by atomic mass is 16.2. The van der Waals surface area contributed by atoms with Gasteiger partial charge in [0.15, 0.2) is 0 Å². The highest BCUT2D eigenvalue weighted by molar-refractivity contribution is 5.90. The minimum atomic E-state index is -0.681. The van der Waals surface area contributed by atoms with Crippen molar-refractivity contribution in [2.24, 2.45) is 0 Å². The van der Waals surface area contributed by atoms with Crippen molar-refractivity contribution in [2.75, 3.05) is 25.0 Å². The van der Waals surface area contributed by atoms with Gasteiger partial charge in [0.1, 0.15) is 17.4 Å². The molecule has 2 rings (SSSR count). The van der Waals surface area contributed by atoms with Crippen molar-refractivity contribution in [1.29, 1.82) is 5.26 Å². The van der Waals surface area contributed by atoms with Crippen LogP contribution in [0.15, 0.2) is 12.3 Å². The van der Waals surface area contributed by atoms with Crippen LogP contribution in [0.25, 0.3) is 0 Å². The van der Waals surface area contributed by atoms with Gasteiger partial charge in [0, 0.05) is 26.3 Å². The quantitative estimate of drug-likeness (QED) is 0.762. The van der Waals surface area contributed by atoms with E-state index in [1.807, 2.05) is 31.7 Å². The lowest BCUT2D eigenvalue weighted by atomic mass is 9.96. The topological polar surface area (TPSA) is 60.2 Å². The number of likely N-dealkylation sites (N-methyl/N-ethyl adjacent to an activating group) is 1. The summed E-state index contributed by atoms with van der Waals surface area (Å²) < 4.78 is 0. The van der Waals surface area contributed by atoms with E-state index in [0.717, 1.165) is 5.56 Å². The summed E-state index contributed by atoms with van der Waals surface area (Å²) in [5.74, 6) is 0.653. The minimum Gasteiger partial charge on any atom is -0.342 e. The zero-order valence-electron chi connectivity index (χ0n) is 11.8. The number of rotatable bonds is 1. The zero-order chi connectivity index (χ0) is 14.2. The van der Waals surface area contributed by atoms with Gasteiger partial charge in [0.25, 0.3) is 0 Å². The molecule has 1 aliphatic heterocycles. The number of carbonyl (C=O) groups excluding carboxylic acids is 1. The van der Waals surface area contributed by atoms with E-state index in [0.29, 0.717) is 24.5 Å². The summed E-state index contributed by atoms with van der Waals surface area (Å²) in [4.78, 5) is 20.3. The molecule has 0 aromatic carbocycles. The molecule has 1 aromatic rings.